The second-order valence-corrected chi connectivity index (χ2v) is 5.90. The minimum Gasteiger partial charge on any atom is -0.351 e. The first-order chi connectivity index (χ1) is 9.12. The van der Waals surface area contributed by atoms with Crippen LogP contribution in [-0.2, 0) is 10.2 Å². The van der Waals surface area contributed by atoms with Gasteiger partial charge in [0.05, 0.1) is 5.75 Å². The van der Waals surface area contributed by atoms with E-state index in [0.29, 0.717) is 0 Å². The lowest BCUT2D eigenvalue weighted by atomic mass is 9.93. The van der Waals surface area contributed by atoms with E-state index < -0.39 is 22.9 Å². The fraction of sp³-hybridized carbons (Fsp3) is 0.500. The van der Waals surface area contributed by atoms with Crippen LogP contribution in [-0.4, -0.2) is 32.6 Å². The van der Waals surface area contributed by atoms with Crippen LogP contribution in [0.2, 0.25) is 0 Å². The third-order valence-corrected chi connectivity index (χ3v) is 3.11. The first kappa shape index (κ1) is 16.0. The standard InChI is InChI=1S/C10H16N6O3S/c1-10(2,3)6-7(18)16(12)9(15-14-6)20-4-5(17)13-8(11)19/h4,12H2,1-3H3,(H3,11,13,17,19). The van der Waals surface area contributed by atoms with Crippen molar-refractivity contribution in [3.63, 3.8) is 0 Å². The van der Waals surface area contributed by atoms with Crippen molar-refractivity contribution in [2.24, 2.45) is 5.73 Å². The van der Waals surface area contributed by atoms with Gasteiger partial charge < -0.3 is 11.6 Å². The minimum absolute atomic E-state index is 0.0719. The fourth-order valence-corrected chi connectivity index (χ4v) is 1.91. The summed E-state index contributed by atoms with van der Waals surface area (Å²) in [7, 11) is 0. The molecule has 110 valence electrons. The molecule has 0 spiro atoms. The molecule has 1 heterocycles. The number of carbonyl (C=O) groups is 2. The highest BCUT2D eigenvalue weighted by Crippen LogP contribution is 2.17. The maximum absolute atomic E-state index is 12.0. The maximum atomic E-state index is 12.0. The van der Waals surface area contributed by atoms with E-state index in [1.54, 1.807) is 0 Å². The van der Waals surface area contributed by atoms with E-state index in [1.807, 2.05) is 26.1 Å². The molecule has 0 aliphatic rings. The van der Waals surface area contributed by atoms with Crippen molar-refractivity contribution in [2.45, 2.75) is 31.3 Å². The summed E-state index contributed by atoms with van der Waals surface area (Å²) in [4.78, 5) is 33.7. The Hall–Kier alpha value is -2.10. The molecular formula is C10H16N6O3S. The van der Waals surface area contributed by atoms with Crippen LogP contribution in [0, 0.1) is 0 Å². The molecule has 1 rings (SSSR count). The van der Waals surface area contributed by atoms with E-state index in [1.165, 1.54) is 0 Å². The van der Waals surface area contributed by atoms with Gasteiger partial charge >= 0.3 is 6.03 Å². The molecule has 3 amide bonds. The molecule has 5 N–H and O–H groups in total. The van der Waals surface area contributed by atoms with Crippen molar-refractivity contribution in [3.05, 3.63) is 16.0 Å². The molecule has 0 aliphatic carbocycles. The first-order valence-corrected chi connectivity index (χ1v) is 6.59. The Bertz CT molecular complexity index is 592. The molecule has 0 atom stereocenters. The van der Waals surface area contributed by atoms with Crippen molar-refractivity contribution in [1.29, 1.82) is 0 Å². The summed E-state index contributed by atoms with van der Waals surface area (Å²) in [5.74, 6) is 4.85. The predicted octanol–water partition coefficient (Wildman–Crippen LogP) is -1.06. The number of nitrogens with two attached hydrogens (primary N) is 2. The van der Waals surface area contributed by atoms with Gasteiger partial charge in [-0.25, -0.2) is 4.79 Å². The number of hydrogen-bond donors (Lipinski definition) is 3. The van der Waals surface area contributed by atoms with Crippen LogP contribution >= 0.6 is 11.8 Å². The largest absolute Gasteiger partial charge is 0.351 e. The smallest absolute Gasteiger partial charge is 0.318 e. The average Bonchev–Trinajstić information content (AvgIpc) is 2.28. The van der Waals surface area contributed by atoms with Crippen molar-refractivity contribution in [3.8, 4) is 0 Å². The third kappa shape index (κ3) is 3.95. The lowest BCUT2D eigenvalue weighted by Crippen LogP contribution is -2.39. The molecule has 20 heavy (non-hydrogen) atoms. The van der Waals surface area contributed by atoms with E-state index in [-0.39, 0.29) is 16.6 Å². The highest BCUT2D eigenvalue weighted by atomic mass is 32.2. The Morgan fingerprint density at radius 1 is 1.35 bits per heavy atom. The van der Waals surface area contributed by atoms with Crippen LogP contribution in [0.4, 0.5) is 4.79 Å². The topological polar surface area (TPSA) is 146 Å². The number of carbonyl (C=O) groups excluding carboxylic acids is 2. The van der Waals surface area contributed by atoms with Gasteiger partial charge in [0.25, 0.3) is 5.56 Å². The average molecular weight is 300 g/mol. The summed E-state index contributed by atoms with van der Waals surface area (Å²) in [6.45, 7) is 5.43. The van der Waals surface area contributed by atoms with Crippen molar-refractivity contribution >= 4 is 23.7 Å². The highest BCUT2D eigenvalue weighted by molar-refractivity contribution is 7.99. The Kier molecular flexibility index (Phi) is 4.71. The molecular weight excluding hydrogens is 284 g/mol. The summed E-state index contributed by atoms with van der Waals surface area (Å²) in [6, 6.07) is -0.949. The monoisotopic (exact) mass is 300 g/mol. The lowest BCUT2D eigenvalue weighted by Gasteiger charge is -2.17. The minimum atomic E-state index is -0.949. The molecule has 0 aliphatic heterocycles. The lowest BCUT2D eigenvalue weighted by molar-refractivity contribution is -0.117. The zero-order valence-corrected chi connectivity index (χ0v) is 12.2. The zero-order chi connectivity index (χ0) is 15.5. The van der Waals surface area contributed by atoms with Gasteiger partial charge in [0, 0.05) is 5.41 Å². The number of hydrogen-bond acceptors (Lipinski definition) is 7. The van der Waals surface area contributed by atoms with E-state index in [0.717, 1.165) is 16.4 Å². The van der Waals surface area contributed by atoms with Crippen LogP contribution in [0.15, 0.2) is 9.95 Å². The van der Waals surface area contributed by atoms with E-state index in [4.69, 9.17) is 11.6 Å². The first-order valence-electron chi connectivity index (χ1n) is 5.60. The maximum Gasteiger partial charge on any atom is 0.318 e. The van der Waals surface area contributed by atoms with Crippen LogP contribution in [0.3, 0.4) is 0 Å². The van der Waals surface area contributed by atoms with Crippen molar-refractivity contribution < 1.29 is 9.59 Å². The summed E-state index contributed by atoms with van der Waals surface area (Å²) >= 11 is 0.875. The SMILES string of the molecule is CC(C)(C)c1nnc(SCC(=O)NC(N)=O)n(N)c1=O. The number of nitrogens with one attached hydrogen (secondary N) is 1. The molecule has 9 nitrogen and oxygen atoms in total. The van der Waals surface area contributed by atoms with E-state index in [9.17, 15) is 14.4 Å². The van der Waals surface area contributed by atoms with Gasteiger partial charge in [-0.1, -0.05) is 32.5 Å². The van der Waals surface area contributed by atoms with Gasteiger partial charge in [-0.3, -0.25) is 14.9 Å². The molecule has 0 bridgehead atoms. The van der Waals surface area contributed by atoms with Crippen LogP contribution in [0.1, 0.15) is 26.5 Å². The number of amides is 3. The Labute approximate surface area is 119 Å². The zero-order valence-electron chi connectivity index (χ0n) is 11.3. The number of aromatic nitrogens is 3. The number of imide groups is 1. The summed E-state index contributed by atoms with van der Waals surface area (Å²) in [6.07, 6.45) is 0. The number of nitrogens with zero attached hydrogens (tertiary/aromatic N) is 3. The molecule has 1 aromatic rings. The van der Waals surface area contributed by atoms with Crippen LogP contribution < -0.4 is 22.5 Å². The molecule has 0 radical (unpaired) electrons. The normalized spacial score (nSPS) is 11.2. The van der Waals surface area contributed by atoms with Gasteiger partial charge in [0.15, 0.2) is 0 Å². The van der Waals surface area contributed by atoms with Gasteiger partial charge in [-0.05, 0) is 0 Å². The molecule has 1 aromatic heterocycles. The summed E-state index contributed by atoms with van der Waals surface area (Å²) in [5.41, 5.74) is 4.05. The molecule has 0 saturated carbocycles. The Balaban J connectivity index is 2.89. The number of nitrogen functional groups attached to an aromatic ring is 1. The molecule has 0 unspecified atom stereocenters. The van der Waals surface area contributed by atoms with Gasteiger partial charge in [0.2, 0.25) is 11.1 Å². The van der Waals surface area contributed by atoms with Gasteiger partial charge in [-0.15, -0.1) is 10.2 Å². The second-order valence-electron chi connectivity index (χ2n) is 4.96. The summed E-state index contributed by atoms with van der Waals surface area (Å²) < 4.78 is 0.829. The predicted molar refractivity (Wildman–Crippen MR) is 73.6 cm³/mol. The van der Waals surface area contributed by atoms with Crippen LogP contribution in [0.5, 0.6) is 0 Å². The van der Waals surface area contributed by atoms with Crippen LogP contribution in [0.25, 0.3) is 0 Å². The highest BCUT2D eigenvalue weighted by Gasteiger charge is 2.23. The number of primary amides is 1. The Morgan fingerprint density at radius 2 is 1.95 bits per heavy atom. The number of urea groups is 1. The van der Waals surface area contributed by atoms with Gasteiger partial charge in [0.1, 0.15) is 5.69 Å². The second kappa shape index (κ2) is 5.90. The fourth-order valence-electron chi connectivity index (χ4n) is 1.26. The molecule has 10 heteroatoms. The number of thioether (sulfide) groups is 1. The third-order valence-electron chi connectivity index (χ3n) is 2.17. The summed E-state index contributed by atoms with van der Waals surface area (Å²) in [5, 5.41) is 9.61. The molecule has 0 saturated heterocycles. The number of rotatable bonds is 3. The molecule has 0 fully saturated rings. The quantitative estimate of drug-likeness (QED) is 0.476. The van der Waals surface area contributed by atoms with E-state index in [2.05, 4.69) is 10.2 Å². The molecule has 0 aromatic carbocycles. The van der Waals surface area contributed by atoms with Gasteiger partial charge in [-0.2, -0.15) is 4.68 Å². The Morgan fingerprint density at radius 3 is 2.45 bits per heavy atom. The van der Waals surface area contributed by atoms with Crippen molar-refractivity contribution in [2.75, 3.05) is 11.6 Å². The van der Waals surface area contributed by atoms with E-state index >= 15 is 0 Å². The van der Waals surface area contributed by atoms with Crippen molar-refractivity contribution in [1.82, 2.24) is 20.2 Å².